The summed E-state index contributed by atoms with van der Waals surface area (Å²) in [5, 5.41) is 10.9. The van der Waals surface area contributed by atoms with Crippen LogP contribution in [0.2, 0.25) is 0 Å². The summed E-state index contributed by atoms with van der Waals surface area (Å²) in [4.78, 5) is 0. The van der Waals surface area contributed by atoms with Crippen molar-refractivity contribution in [2.24, 2.45) is 0 Å². The first kappa shape index (κ1) is 4.39. The molecule has 0 atom stereocenters. The smallest absolute Gasteiger partial charge is 0.0562 e. The molecule has 0 unspecified atom stereocenters. The van der Waals surface area contributed by atoms with Gasteiger partial charge in [0.25, 0.3) is 0 Å². The van der Waals surface area contributed by atoms with Gasteiger partial charge in [-0.15, -0.1) is 11.8 Å². The first-order valence-electron chi connectivity index (χ1n) is 1.65. The zero-order valence-corrected chi connectivity index (χ0v) is 3.99. The van der Waals surface area contributed by atoms with Gasteiger partial charge < -0.3 is 10.4 Å². The molecule has 0 saturated carbocycles. The number of hydrogen-bond donors (Lipinski definition) is 1. The highest BCUT2D eigenvalue weighted by Crippen LogP contribution is 2.04. The van der Waals surface area contributed by atoms with Gasteiger partial charge in [-0.05, 0) is 0 Å². The SMILES string of the molecule is [O-]N1CSCN1. The van der Waals surface area contributed by atoms with E-state index in [-0.39, 0.29) is 0 Å². The number of thioether (sulfide) groups is 1. The minimum Gasteiger partial charge on any atom is -0.771 e. The second kappa shape index (κ2) is 1.79. The molecular weight excluding hydrogens is 100 g/mol. The molecule has 1 fully saturated rings. The molecule has 6 heavy (non-hydrogen) atoms. The average molecular weight is 105 g/mol. The summed E-state index contributed by atoms with van der Waals surface area (Å²) >= 11 is 1.58. The summed E-state index contributed by atoms with van der Waals surface area (Å²) in [6.07, 6.45) is 0. The van der Waals surface area contributed by atoms with Crippen LogP contribution in [0.25, 0.3) is 0 Å². The number of hydrogen-bond acceptors (Lipinski definition) is 4. The Morgan fingerprint density at radius 3 is 2.83 bits per heavy atom. The first-order chi connectivity index (χ1) is 2.89. The molecule has 0 aromatic carbocycles. The maximum absolute atomic E-state index is 10.0. The van der Waals surface area contributed by atoms with Gasteiger partial charge in [-0.1, -0.05) is 0 Å². The van der Waals surface area contributed by atoms with E-state index in [1.165, 1.54) is 0 Å². The molecule has 1 N–H and O–H groups in total. The van der Waals surface area contributed by atoms with Crippen molar-refractivity contribution in [2.45, 2.75) is 0 Å². The molecule has 0 spiro atoms. The normalized spacial score (nSPS) is 25.5. The highest BCUT2D eigenvalue weighted by molar-refractivity contribution is 7.99. The molecule has 0 aromatic heterocycles. The quantitative estimate of drug-likeness (QED) is 0.469. The lowest BCUT2D eigenvalue weighted by Crippen LogP contribution is -2.23. The van der Waals surface area contributed by atoms with Crippen molar-refractivity contribution in [1.82, 2.24) is 10.6 Å². The Morgan fingerprint density at radius 1 is 1.83 bits per heavy atom. The lowest BCUT2D eigenvalue weighted by Gasteiger charge is -2.17. The third-order valence-corrected chi connectivity index (χ3v) is 1.30. The molecule has 4 heteroatoms. The molecule has 0 bridgehead atoms. The van der Waals surface area contributed by atoms with Crippen molar-refractivity contribution in [3.8, 4) is 0 Å². The van der Waals surface area contributed by atoms with E-state index in [0.29, 0.717) is 5.88 Å². The Hall–Kier alpha value is 0.230. The van der Waals surface area contributed by atoms with E-state index in [9.17, 15) is 5.21 Å². The van der Waals surface area contributed by atoms with Gasteiger partial charge in [0.05, 0.1) is 5.88 Å². The predicted octanol–water partition coefficient (Wildman–Crippen LogP) is -0.0474. The number of hydrazine groups is 1. The molecule has 1 rings (SSSR count). The van der Waals surface area contributed by atoms with E-state index in [1.54, 1.807) is 11.8 Å². The summed E-state index contributed by atoms with van der Waals surface area (Å²) < 4.78 is 0. The fraction of sp³-hybridized carbons (Fsp3) is 1.00. The van der Waals surface area contributed by atoms with Crippen LogP contribution >= 0.6 is 11.8 Å². The van der Waals surface area contributed by atoms with Gasteiger partial charge in [0.15, 0.2) is 0 Å². The van der Waals surface area contributed by atoms with Crippen molar-refractivity contribution in [3.63, 3.8) is 0 Å². The molecule has 0 amide bonds. The van der Waals surface area contributed by atoms with Crippen LogP contribution in [-0.4, -0.2) is 16.9 Å². The van der Waals surface area contributed by atoms with E-state index < -0.39 is 0 Å². The van der Waals surface area contributed by atoms with Gasteiger partial charge in [0.2, 0.25) is 0 Å². The van der Waals surface area contributed by atoms with Gasteiger partial charge in [-0.2, -0.15) is 0 Å². The summed E-state index contributed by atoms with van der Waals surface area (Å²) in [6.45, 7) is 0. The molecule has 1 heterocycles. The third kappa shape index (κ3) is 0.844. The highest BCUT2D eigenvalue weighted by atomic mass is 32.2. The van der Waals surface area contributed by atoms with Crippen LogP contribution in [-0.2, 0) is 0 Å². The molecule has 36 valence electrons. The van der Waals surface area contributed by atoms with Gasteiger partial charge >= 0.3 is 0 Å². The van der Waals surface area contributed by atoms with Gasteiger partial charge in [0.1, 0.15) is 0 Å². The zero-order chi connectivity index (χ0) is 4.41. The standard InChI is InChI=1S/C2H5N2OS/c5-4-2-6-1-3-4/h3H,1-2H2/q-1. The maximum Gasteiger partial charge on any atom is 0.0562 e. The topological polar surface area (TPSA) is 38.3 Å². The van der Waals surface area contributed by atoms with E-state index in [1.807, 2.05) is 0 Å². The Kier molecular flexibility index (Phi) is 1.31. The molecular formula is C2H5N2OS-. The summed E-state index contributed by atoms with van der Waals surface area (Å²) in [5.41, 5.74) is 2.56. The van der Waals surface area contributed by atoms with Crippen molar-refractivity contribution in [2.75, 3.05) is 11.8 Å². The van der Waals surface area contributed by atoms with Crippen molar-refractivity contribution in [1.29, 1.82) is 0 Å². The van der Waals surface area contributed by atoms with Crippen molar-refractivity contribution >= 4 is 11.8 Å². The van der Waals surface area contributed by atoms with Gasteiger partial charge in [0, 0.05) is 5.88 Å². The highest BCUT2D eigenvalue weighted by Gasteiger charge is 1.96. The number of hydroxylamine groups is 1. The van der Waals surface area contributed by atoms with E-state index in [4.69, 9.17) is 0 Å². The molecule has 0 aromatic rings. The Balaban J connectivity index is 2.18. The summed E-state index contributed by atoms with van der Waals surface area (Å²) in [7, 11) is 0. The van der Waals surface area contributed by atoms with E-state index >= 15 is 0 Å². The molecule has 0 radical (unpaired) electrons. The molecule has 0 aliphatic carbocycles. The molecule has 3 nitrogen and oxygen atoms in total. The van der Waals surface area contributed by atoms with Crippen LogP contribution in [0.3, 0.4) is 0 Å². The molecule has 1 aliphatic rings. The first-order valence-corrected chi connectivity index (χ1v) is 2.81. The number of rotatable bonds is 0. The van der Waals surface area contributed by atoms with Crippen molar-refractivity contribution < 1.29 is 0 Å². The van der Waals surface area contributed by atoms with Crippen LogP contribution in [0.5, 0.6) is 0 Å². The van der Waals surface area contributed by atoms with Gasteiger partial charge in [-0.25, -0.2) is 0 Å². The summed E-state index contributed by atoms with van der Waals surface area (Å²) in [5.74, 6) is 1.34. The molecule has 1 aliphatic heterocycles. The van der Waals surface area contributed by atoms with Crippen LogP contribution in [0.15, 0.2) is 0 Å². The van der Waals surface area contributed by atoms with Crippen LogP contribution in [0.1, 0.15) is 0 Å². The Labute approximate surface area is 40.2 Å². The largest absolute Gasteiger partial charge is 0.771 e. The van der Waals surface area contributed by atoms with Gasteiger partial charge in [-0.3, -0.25) is 5.43 Å². The van der Waals surface area contributed by atoms with Crippen LogP contribution < -0.4 is 5.43 Å². The fourth-order valence-electron chi connectivity index (χ4n) is 0.292. The lowest BCUT2D eigenvalue weighted by molar-refractivity contribution is 0.366. The van der Waals surface area contributed by atoms with Crippen LogP contribution in [0.4, 0.5) is 0 Å². The average Bonchev–Trinajstić information content (AvgIpc) is 1.86. The number of nitrogens with one attached hydrogen (secondary N) is 1. The van der Waals surface area contributed by atoms with Crippen molar-refractivity contribution in [3.05, 3.63) is 5.21 Å². The second-order valence-electron chi connectivity index (χ2n) is 1.01. The number of nitrogens with zero attached hydrogens (tertiary/aromatic N) is 1. The maximum atomic E-state index is 10.0. The predicted molar refractivity (Wildman–Crippen MR) is 25.7 cm³/mol. The Bertz CT molecular complexity index is 44.8. The monoisotopic (exact) mass is 105 g/mol. The minimum atomic E-state index is 0.569. The minimum absolute atomic E-state index is 0.569. The lowest BCUT2D eigenvalue weighted by atomic mass is 11.4. The second-order valence-corrected chi connectivity index (χ2v) is 1.97. The zero-order valence-electron chi connectivity index (χ0n) is 3.18. The third-order valence-electron chi connectivity index (χ3n) is 0.552. The molecule has 1 saturated heterocycles. The fourth-order valence-corrected chi connectivity index (χ4v) is 0.876. The van der Waals surface area contributed by atoms with E-state index in [0.717, 1.165) is 11.0 Å². The van der Waals surface area contributed by atoms with Crippen LogP contribution in [0, 0.1) is 5.21 Å². The Morgan fingerprint density at radius 2 is 2.67 bits per heavy atom. The summed E-state index contributed by atoms with van der Waals surface area (Å²) in [6, 6.07) is 0. The van der Waals surface area contributed by atoms with E-state index in [2.05, 4.69) is 5.43 Å².